The van der Waals surface area contributed by atoms with Crippen LogP contribution in [0.1, 0.15) is 10.4 Å². The number of carbonyl (C=O) groups is 1. The van der Waals surface area contributed by atoms with Crippen LogP contribution in [-0.2, 0) is 0 Å². The molecule has 0 aliphatic carbocycles. The van der Waals surface area contributed by atoms with Crippen molar-refractivity contribution in [3.05, 3.63) is 102 Å². The van der Waals surface area contributed by atoms with Crippen molar-refractivity contribution in [2.75, 3.05) is 10.6 Å². The van der Waals surface area contributed by atoms with Crippen LogP contribution in [0, 0.1) is 5.82 Å². The maximum absolute atomic E-state index is 13.1. The SMILES string of the molecule is O=C(Nc1cccc(Cl)c1)c1cccc(Nc2cc(-c3ccc(F)cc3)ncn2)c1. The van der Waals surface area contributed by atoms with Crippen molar-refractivity contribution in [1.29, 1.82) is 0 Å². The van der Waals surface area contributed by atoms with E-state index in [1.165, 1.54) is 18.5 Å². The summed E-state index contributed by atoms with van der Waals surface area (Å²) in [7, 11) is 0. The Morgan fingerprint density at radius 2 is 1.63 bits per heavy atom. The minimum Gasteiger partial charge on any atom is -0.340 e. The smallest absolute Gasteiger partial charge is 0.255 e. The van der Waals surface area contributed by atoms with E-state index >= 15 is 0 Å². The van der Waals surface area contributed by atoms with Crippen LogP contribution in [0.15, 0.2) is 85.2 Å². The molecule has 30 heavy (non-hydrogen) atoms. The zero-order chi connectivity index (χ0) is 20.9. The number of benzene rings is 3. The van der Waals surface area contributed by atoms with E-state index in [-0.39, 0.29) is 11.7 Å². The third-order valence-electron chi connectivity index (χ3n) is 4.29. The summed E-state index contributed by atoms with van der Waals surface area (Å²) in [5, 5.41) is 6.53. The maximum atomic E-state index is 13.1. The third-order valence-corrected chi connectivity index (χ3v) is 4.52. The van der Waals surface area contributed by atoms with E-state index in [1.807, 2.05) is 6.07 Å². The van der Waals surface area contributed by atoms with E-state index in [0.717, 1.165) is 5.56 Å². The van der Waals surface area contributed by atoms with Crippen LogP contribution in [0.3, 0.4) is 0 Å². The molecule has 0 aliphatic heterocycles. The lowest BCUT2D eigenvalue weighted by Gasteiger charge is -2.10. The number of hydrogen-bond acceptors (Lipinski definition) is 4. The molecule has 1 amide bonds. The molecule has 0 spiro atoms. The quantitative estimate of drug-likeness (QED) is 0.421. The van der Waals surface area contributed by atoms with E-state index < -0.39 is 0 Å². The first-order valence-electron chi connectivity index (χ1n) is 9.09. The zero-order valence-corrected chi connectivity index (χ0v) is 16.4. The first kappa shape index (κ1) is 19.5. The summed E-state index contributed by atoms with van der Waals surface area (Å²) >= 11 is 5.96. The molecule has 4 aromatic rings. The molecule has 0 saturated carbocycles. The minimum atomic E-state index is -0.306. The average molecular weight is 419 g/mol. The van der Waals surface area contributed by atoms with E-state index in [0.29, 0.717) is 33.5 Å². The molecule has 1 aromatic heterocycles. The number of nitrogens with one attached hydrogen (secondary N) is 2. The summed E-state index contributed by atoms with van der Waals surface area (Å²) in [5.41, 5.74) is 3.22. The Morgan fingerprint density at radius 3 is 2.43 bits per heavy atom. The van der Waals surface area contributed by atoms with E-state index in [4.69, 9.17) is 11.6 Å². The van der Waals surface area contributed by atoms with Gasteiger partial charge >= 0.3 is 0 Å². The van der Waals surface area contributed by atoms with E-state index in [2.05, 4.69) is 20.6 Å². The Kier molecular flexibility index (Phi) is 5.68. The highest BCUT2D eigenvalue weighted by atomic mass is 35.5. The van der Waals surface area contributed by atoms with Gasteiger partial charge in [-0.1, -0.05) is 23.7 Å². The number of nitrogens with zero attached hydrogens (tertiary/aromatic N) is 2. The van der Waals surface area contributed by atoms with Crippen LogP contribution in [-0.4, -0.2) is 15.9 Å². The molecule has 148 valence electrons. The summed E-state index contributed by atoms with van der Waals surface area (Å²) in [5.74, 6) is -0.00801. The minimum absolute atomic E-state index is 0.254. The number of carbonyl (C=O) groups excluding carboxylic acids is 1. The Labute approximate surface area is 177 Å². The number of rotatable bonds is 5. The molecule has 0 aliphatic rings. The maximum Gasteiger partial charge on any atom is 0.255 e. The Balaban J connectivity index is 1.51. The standard InChI is InChI=1S/C23H16ClFN4O/c24-17-4-2-6-20(12-17)29-23(30)16-3-1-5-19(11-16)28-22-13-21(26-14-27-22)15-7-9-18(25)10-8-15/h1-14H,(H,29,30)(H,26,27,28). The van der Waals surface area contributed by atoms with Gasteiger partial charge in [-0.3, -0.25) is 4.79 Å². The molecular formula is C23H16ClFN4O. The van der Waals surface area contributed by atoms with E-state index in [1.54, 1.807) is 60.7 Å². The predicted molar refractivity (Wildman–Crippen MR) is 117 cm³/mol. The molecule has 0 atom stereocenters. The zero-order valence-electron chi connectivity index (χ0n) is 15.6. The molecule has 0 fully saturated rings. The van der Waals surface area contributed by atoms with Crippen molar-refractivity contribution in [1.82, 2.24) is 9.97 Å². The van der Waals surface area contributed by atoms with Gasteiger partial charge in [-0.15, -0.1) is 0 Å². The number of hydrogen-bond donors (Lipinski definition) is 2. The fourth-order valence-electron chi connectivity index (χ4n) is 2.86. The van der Waals surface area contributed by atoms with Crippen LogP contribution >= 0.6 is 11.6 Å². The second kappa shape index (κ2) is 8.71. The number of halogens is 2. The lowest BCUT2D eigenvalue weighted by atomic mass is 10.1. The van der Waals surface area contributed by atoms with Crippen LogP contribution in [0.5, 0.6) is 0 Å². The second-order valence-electron chi connectivity index (χ2n) is 6.47. The Bertz CT molecular complexity index is 1200. The van der Waals surface area contributed by atoms with Crippen LogP contribution in [0.25, 0.3) is 11.3 Å². The van der Waals surface area contributed by atoms with Crippen LogP contribution in [0.4, 0.5) is 21.6 Å². The van der Waals surface area contributed by atoms with Crippen molar-refractivity contribution in [3.63, 3.8) is 0 Å². The summed E-state index contributed by atoms with van der Waals surface area (Å²) in [6.45, 7) is 0. The molecule has 5 nitrogen and oxygen atoms in total. The van der Waals surface area contributed by atoms with Gasteiger partial charge in [-0.2, -0.15) is 0 Å². The van der Waals surface area contributed by atoms with Gasteiger partial charge in [0.05, 0.1) is 5.69 Å². The first-order chi connectivity index (χ1) is 14.6. The van der Waals surface area contributed by atoms with Gasteiger partial charge in [0.15, 0.2) is 0 Å². The number of amides is 1. The predicted octanol–water partition coefficient (Wildman–Crippen LogP) is 5.93. The van der Waals surface area contributed by atoms with Gasteiger partial charge in [-0.05, 0) is 60.7 Å². The van der Waals surface area contributed by atoms with Gasteiger partial charge in [0.1, 0.15) is 18.0 Å². The number of anilines is 3. The second-order valence-corrected chi connectivity index (χ2v) is 6.90. The molecule has 4 rings (SSSR count). The van der Waals surface area contributed by atoms with Crippen molar-refractivity contribution in [2.45, 2.75) is 0 Å². The van der Waals surface area contributed by atoms with E-state index in [9.17, 15) is 9.18 Å². The highest BCUT2D eigenvalue weighted by molar-refractivity contribution is 6.31. The van der Waals surface area contributed by atoms with Crippen molar-refractivity contribution < 1.29 is 9.18 Å². The summed E-state index contributed by atoms with van der Waals surface area (Å²) in [6, 6.07) is 21.8. The summed E-state index contributed by atoms with van der Waals surface area (Å²) < 4.78 is 13.1. The molecule has 7 heteroatoms. The third kappa shape index (κ3) is 4.79. The van der Waals surface area contributed by atoms with Gasteiger partial charge < -0.3 is 10.6 Å². The summed E-state index contributed by atoms with van der Waals surface area (Å²) in [4.78, 5) is 21.0. The topological polar surface area (TPSA) is 66.9 Å². The molecule has 2 N–H and O–H groups in total. The summed E-state index contributed by atoms with van der Waals surface area (Å²) in [6.07, 6.45) is 1.43. The van der Waals surface area contributed by atoms with Gasteiger partial charge in [0, 0.05) is 33.6 Å². The van der Waals surface area contributed by atoms with Crippen LogP contribution < -0.4 is 10.6 Å². The Hall–Kier alpha value is -3.77. The van der Waals surface area contributed by atoms with Crippen molar-refractivity contribution in [2.24, 2.45) is 0 Å². The highest BCUT2D eigenvalue weighted by Crippen LogP contribution is 2.22. The molecular weight excluding hydrogens is 403 g/mol. The van der Waals surface area contributed by atoms with Crippen molar-refractivity contribution in [3.8, 4) is 11.3 Å². The highest BCUT2D eigenvalue weighted by Gasteiger charge is 2.08. The monoisotopic (exact) mass is 418 g/mol. The normalized spacial score (nSPS) is 10.5. The van der Waals surface area contributed by atoms with Gasteiger partial charge in [-0.25, -0.2) is 14.4 Å². The molecule has 0 radical (unpaired) electrons. The first-order valence-corrected chi connectivity index (χ1v) is 9.47. The molecule has 0 unspecified atom stereocenters. The van der Waals surface area contributed by atoms with Gasteiger partial charge in [0.25, 0.3) is 5.91 Å². The molecule has 0 saturated heterocycles. The average Bonchev–Trinajstić information content (AvgIpc) is 2.75. The fourth-order valence-corrected chi connectivity index (χ4v) is 3.05. The molecule has 0 bridgehead atoms. The lowest BCUT2D eigenvalue weighted by Crippen LogP contribution is -2.12. The number of aromatic nitrogens is 2. The largest absolute Gasteiger partial charge is 0.340 e. The lowest BCUT2D eigenvalue weighted by molar-refractivity contribution is 0.102. The molecule has 1 heterocycles. The molecule has 3 aromatic carbocycles. The van der Waals surface area contributed by atoms with Crippen LogP contribution in [0.2, 0.25) is 5.02 Å². The van der Waals surface area contributed by atoms with Crippen molar-refractivity contribution >= 4 is 34.7 Å². The fraction of sp³-hybridized carbons (Fsp3) is 0. The Morgan fingerprint density at radius 1 is 0.867 bits per heavy atom. The van der Waals surface area contributed by atoms with Gasteiger partial charge in [0.2, 0.25) is 0 Å².